The van der Waals surface area contributed by atoms with Crippen molar-refractivity contribution in [3.63, 3.8) is 0 Å². The highest BCUT2D eigenvalue weighted by Crippen LogP contribution is 2.47. The van der Waals surface area contributed by atoms with Crippen molar-refractivity contribution in [1.82, 2.24) is 4.57 Å². The third-order valence-electron chi connectivity index (χ3n) is 6.01. The number of aromatic nitrogens is 1. The molecule has 0 fully saturated rings. The predicted molar refractivity (Wildman–Crippen MR) is 124 cm³/mol. The Morgan fingerprint density at radius 1 is 1.03 bits per heavy atom. The molecule has 162 valence electrons. The number of Topliss-reactive ketones (excluding diaryl/α,β-unsaturated/α-hetero) is 1. The van der Waals surface area contributed by atoms with E-state index in [1.807, 2.05) is 65.2 Å². The molecule has 0 radical (unpaired) electrons. The van der Waals surface area contributed by atoms with Gasteiger partial charge in [-0.1, -0.05) is 62.4 Å². The second-order valence-electron chi connectivity index (χ2n) is 9.04. The Hall–Kier alpha value is -3.60. The Balaban J connectivity index is 1.84. The molecule has 3 heterocycles. The minimum Gasteiger partial charge on any atom is -0.460 e. The molecule has 0 amide bonds. The van der Waals surface area contributed by atoms with Crippen LogP contribution in [-0.4, -0.2) is 22.9 Å². The van der Waals surface area contributed by atoms with Crippen molar-refractivity contribution in [2.24, 2.45) is 5.41 Å². The van der Waals surface area contributed by atoms with Crippen molar-refractivity contribution < 1.29 is 18.7 Å². The van der Waals surface area contributed by atoms with Gasteiger partial charge >= 0.3 is 5.97 Å². The molecule has 5 heteroatoms. The Morgan fingerprint density at radius 3 is 2.47 bits per heavy atom. The summed E-state index contributed by atoms with van der Waals surface area (Å²) in [7, 11) is 0. The number of ketones is 1. The number of benzene rings is 2. The van der Waals surface area contributed by atoms with Gasteiger partial charge in [-0.05, 0) is 36.5 Å². The maximum atomic E-state index is 13.4. The van der Waals surface area contributed by atoms with E-state index in [2.05, 4.69) is 13.8 Å². The summed E-state index contributed by atoms with van der Waals surface area (Å²) in [4.78, 5) is 26.0. The minimum absolute atomic E-state index is 0.0328. The largest absolute Gasteiger partial charge is 0.460 e. The van der Waals surface area contributed by atoms with Gasteiger partial charge in [-0.2, -0.15) is 0 Å². The molecule has 0 N–H and O–H groups in total. The fourth-order valence-electron chi connectivity index (χ4n) is 4.75. The van der Waals surface area contributed by atoms with Crippen LogP contribution in [-0.2, 0) is 22.5 Å². The van der Waals surface area contributed by atoms with Crippen LogP contribution in [0.2, 0.25) is 0 Å². The number of hydrogen-bond donors (Lipinski definition) is 0. The quantitative estimate of drug-likeness (QED) is 0.226. The van der Waals surface area contributed by atoms with Gasteiger partial charge in [0.15, 0.2) is 0 Å². The number of rotatable bonds is 5. The molecule has 32 heavy (non-hydrogen) atoms. The maximum absolute atomic E-state index is 13.4. The van der Waals surface area contributed by atoms with E-state index in [0.717, 1.165) is 34.2 Å². The number of esters is 1. The van der Waals surface area contributed by atoms with Gasteiger partial charge in [-0.15, -0.1) is 0 Å². The zero-order chi connectivity index (χ0) is 22.5. The lowest BCUT2D eigenvalue weighted by molar-refractivity contribution is -0.137. The second-order valence-corrected chi connectivity index (χ2v) is 9.04. The average molecular weight is 428 g/mol. The van der Waals surface area contributed by atoms with E-state index in [-0.39, 0.29) is 12.0 Å². The van der Waals surface area contributed by atoms with Crippen LogP contribution in [0.5, 0.6) is 0 Å². The summed E-state index contributed by atoms with van der Waals surface area (Å²) < 4.78 is 13.3. The Labute approximate surface area is 186 Å². The molecule has 1 aliphatic heterocycles. The molecule has 5 nitrogen and oxygen atoms in total. The molecule has 0 atom stereocenters. The Bertz CT molecular complexity index is 1310. The second kappa shape index (κ2) is 7.52. The molecule has 5 rings (SSSR count). The Morgan fingerprint density at radius 2 is 1.75 bits per heavy atom. The predicted octanol–water partition coefficient (Wildman–Crippen LogP) is 5.90. The molecule has 0 saturated heterocycles. The Kier molecular flexibility index (Phi) is 4.77. The first-order valence-corrected chi connectivity index (χ1v) is 10.9. The third kappa shape index (κ3) is 3.25. The van der Waals surface area contributed by atoms with Crippen molar-refractivity contribution in [2.45, 2.75) is 33.7 Å². The monoisotopic (exact) mass is 427 g/mol. The standard InChI is InChI=1S/C27H25NO4/c1-4-31-26(30)25(29)24-23(21-14-18-12-8-9-13-20(18)32-21)22(17-10-6-5-7-11-17)19-15-27(2,3)16-28(19)24/h5-14H,4,15-16H2,1-3H3. The summed E-state index contributed by atoms with van der Waals surface area (Å²) in [6, 6.07) is 19.7. The molecular formula is C27H25NO4. The highest BCUT2D eigenvalue weighted by molar-refractivity contribution is 6.42. The highest BCUT2D eigenvalue weighted by atomic mass is 16.5. The number of fused-ring (bicyclic) bond motifs is 2. The van der Waals surface area contributed by atoms with Gasteiger partial charge in [0.2, 0.25) is 0 Å². The minimum atomic E-state index is -0.838. The molecule has 0 spiro atoms. The normalized spacial score (nSPS) is 14.5. The first kappa shape index (κ1) is 20.3. The number of ether oxygens (including phenoxy) is 1. The molecule has 2 aromatic heterocycles. The molecule has 4 aromatic rings. The van der Waals surface area contributed by atoms with Gasteiger partial charge in [0.05, 0.1) is 12.2 Å². The topological polar surface area (TPSA) is 61.4 Å². The van der Waals surface area contributed by atoms with E-state index in [9.17, 15) is 9.59 Å². The van der Waals surface area contributed by atoms with Crippen LogP contribution in [0.15, 0.2) is 65.1 Å². The van der Waals surface area contributed by atoms with E-state index in [1.54, 1.807) is 6.92 Å². The first-order chi connectivity index (χ1) is 15.4. The molecule has 0 bridgehead atoms. The zero-order valence-corrected chi connectivity index (χ0v) is 18.5. The van der Waals surface area contributed by atoms with Gasteiger partial charge in [-0.25, -0.2) is 4.79 Å². The lowest BCUT2D eigenvalue weighted by atomic mass is 9.87. The van der Waals surface area contributed by atoms with Crippen LogP contribution >= 0.6 is 0 Å². The van der Waals surface area contributed by atoms with Crippen molar-refractivity contribution in [2.75, 3.05) is 6.61 Å². The van der Waals surface area contributed by atoms with E-state index < -0.39 is 11.8 Å². The van der Waals surface area contributed by atoms with E-state index >= 15 is 0 Å². The average Bonchev–Trinajstić information content (AvgIpc) is 3.42. The van der Waals surface area contributed by atoms with Crippen LogP contribution in [0.3, 0.4) is 0 Å². The fourth-order valence-corrected chi connectivity index (χ4v) is 4.75. The first-order valence-electron chi connectivity index (χ1n) is 10.9. The van der Waals surface area contributed by atoms with E-state index in [0.29, 0.717) is 23.6 Å². The summed E-state index contributed by atoms with van der Waals surface area (Å²) >= 11 is 0. The number of nitrogens with zero attached hydrogens (tertiary/aromatic N) is 1. The number of hydrogen-bond acceptors (Lipinski definition) is 4. The van der Waals surface area contributed by atoms with E-state index in [1.165, 1.54) is 0 Å². The number of carbonyl (C=O) groups excluding carboxylic acids is 2. The fraction of sp³-hybridized carbons (Fsp3) is 0.259. The number of carbonyl (C=O) groups is 2. The van der Waals surface area contributed by atoms with Crippen LogP contribution in [0.4, 0.5) is 0 Å². The van der Waals surface area contributed by atoms with Gasteiger partial charge < -0.3 is 13.7 Å². The molecule has 1 aliphatic rings. The van der Waals surface area contributed by atoms with Crippen LogP contribution < -0.4 is 0 Å². The zero-order valence-electron chi connectivity index (χ0n) is 18.5. The number of furan rings is 1. The van der Waals surface area contributed by atoms with Crippen molar-refractivity contribution in [3.8, 4) is 22.5 Å². The van der Waals surface area contributed by atoms with Crippen LogP contribution in [0.25, 0.3) is 33.4 Å². The van der Waals surface area contributed by atoms with Gasteiger partial charge in [0.25, 0.3) is 5.78 Å². The summed E-state index contributed by atoms with van der Waals surface area (Å²) in [5, 5.41) is 0.947. The summed E-state index contributed by atoms with van der Waals surface area (Å²) in [5.41, 5.74) is 4.70. The molecule has 2 aromatic carbocycles. The smallest absolute Gasteiger partial charge is 0.381 e. The number of para-hydroxylation sites is 1. The van der Waals surface area contributed by atoms with Crippen molar-refractivity contribution in [1.29, 1.82) is 0 Å². The van der Waals surface area contributed by atoms with Gasteiger partial charge in [0, 0.05) is 23.2 Å². The molecule has 0 saturated carbocycles. The lowest BCUT2D eigenvalue weighted by Gasteiger charge is -2.18. The molecule has 0 unspecified atom stereocenters. The third-order valence-corrected chi connectivity index (χ3v) is 6.01. The van der Waals surface area contributed by atoms with Crippen molar-refractivity contribution in [3.05, 3.63) is 72.1 Å². The lowest BCUT2D eigenvalue weighted by Crippen LogP contribution is -2.23. The maximum Gasteiger partial charge on any atom is 0.381 e. The van der Waals surface area contributed by atoms with E-state index in [4.69, 9.17) is 9.15 Å². The molecular weight excluding hydrogens is 402 g/mol. The SMILES string of the molecule is CCOC(=O)C(=O)c1c(-c2cc3ccccc3o2)c(-c2ccccc2)c2n1CC(C)(C)C2. The summed E-state index contributed by atoms with van der Waals surface area (Å²) in [6.07, 6.45) is 0.792. The molecule has 0 aliphatic carbocycles. The summed E-state index contributed by atoms with van der Waals surface area (Å²) in [5.74, 6) is -0.893. The highest BCUT2D eigenvalue weighted by Gasteiger charge is 2.40. The summed E-state index contributed by atoms with van der Waals surface area (Å²) in [6.45, 7) is 6.84. The van der Waals surface area contributed by atoms with Crippen molar-refractivity contribution >= 4 is 22.7 Å². The van der Waals surface area contributed by atoms with Gasteiger partial charge in [-0.3, -0.25) is 4.79 Å². The van der Waals surface area contributed by atoms with Gasteiger partial charge in [0.1, 0.15) is 17.0 Å². The van der Waals surface area contributed by atoms with Crippen LogP contribution in [0.1, 0.15) is 37.0 Å². The van der Waals surface area contributed by atoms with Crippen LogP contribution in [0, 0.1) is 5.41 Å².